The lowest BCUT2D eigenvalue weighted by atomic mass is 10.3. The van der Waals surface area contributed by atoms with Crippen LogP contribution in [0.4, 0.5) is 5.69 Å². The minimum atomic E-state index is -1.98. The maximum absolute atomic E-state index is 11.9. The molecule has 0 aliphatic rings. The third kappa shape index (κ3) is 4.75. The predicted molar refractivity (Wildman–Crippen MR) is 84.0 cm³/mol. The van der Waals surface area contributed by atoms with Gasteiger partial charge in [0.2, 0.25) is 10.0 Å². The van der Waals surface area contributed by atoms with Crippen molar-refractivity contribution < 1.29 is 18.9 Å². The summed E-state index contributed by atoms with van der Waals surface area (Å²) in [6.07, 6.45) is -0.0252. The minimum absolute atomic E-state index is 0.0107. The van der Waals surface area contributed by atoms with Crippen LogP contribution >= 0.6 is 34.8 Å². The van der Waals surface area contributed by atoms with E-state index in [-0.39, 0.29) is 17.2 Å². The molecule has 1 atom stereocenters. The van der Waals surface area contributed by atoms with Crippen molar-refractivity contribution in [1.82, 2.24) is 5.32 Å². The quantitative estimate of drug-likeness (QED) is 0.370. The molecule has 1 amide bonds. The number of non-ortho nitro benzene ring substituents is 1. The van der Waals surface area contributed by atoms with Crippen molar-refractivity contribution in [2.45, 2.75) is 10.0 Å². The molecular weight excluding hydrogens is 371 g/mol. The zero-order chi connectivity index (χ0) is 17.0. The van der Waals surface area contributed by atoms with Gasteiger partial charge in [-0.15, -0.1) is 0 Å². The maximum Gasteiger partial charge on any atom is 0.289 e. The number of furan rings is 1. The van der Waals surface area contributed by atoms with Crippen molar-refractivity contribution in [2.75, 3.05) is 0 Å². The first kappa shape index (κ1) is 17.4. The normalized spacial score (nSPS) is 12.5. The average molecular weight is 380 g/mol. The summed E-state index contributed by atoms with van der Waals surface area (Å²) < 4.78 is 8.34. The molecule has 1 aromatic heterocycles. The first-order valence-electron chi connectivity index (χ1n) is 6.09. The number of nitro benzene ring substituents is 1. The lowest BCUT2D eigenvalue weighted by Gasteiger charge is -2.25. The van der Waals surface area contributed by atoms with Crippen LogP contribution in [0.3, 0.4) is 0 Å². The highest BCUT2D eigenvalue weighted by Crippen LogP contribution is 2.32. The number of nitrogens with zero attached hydrogens (tertiary/aromatic N) is 1. The Morgan fingerprint density at radius 1 is 1.26 bits per heavy atom. The number of rotatable bonds is 5. The summed E-state index contributed by atoms with van der Waals surface area (Å²) in [5.41, 5.74) is -0.123. The van der Waals surface area contributed by atoms with Crippen molar-refractivity contribution in [2.24, 2.45) is 0 Å². The van der Waals surface area contributed by atoms with Crippen molar-refractivity contribution in [3.8, 4) is 5.75 Å². The van der Waals surface area contributed by atoms with Crippen LogP contribution < -0.4 is 10.1 Å². The van der Waals surface area contributed by atoms with E-state index in [1.165, 1.54) is 42.7 Å². The van der Waals surface area contributed by atoms with E-state index in [4.69, 9.17) is 44.0 Å². The predicted octanol–water partition coefficient (Wildman–Crippen LogP) is 3.69. The molecule has 1 N–H and O–H groups in total. The van der Waals surface area contributed by atoms with Crippen molar-refractivity contribution in [3.63, 3.8) is 0 Å². The SMILES string of the molecule is O=C(N[C@H](Oc1ccc([N+](=O)[O-])cc1)C(Cl)(Cl)Cl)c1ccco1. The highest BCUT2D eigenvalue weighted by molar-refractivity contribution is 6.68. The molecule has 23 heavy (non-hydrogen) atoms. The standard InChI is InChI=1S/C13H9Cl3N2O5/c14-13(15,16)12(17-11(19)10-2-1-7-22-10)23-9-5-3-8(4-6-9)18(20)21/h1-7,12H,(H,17,19)/t12-/m1/s1. The van der Waals surface area contributed by atoms with Gasteiger partial charge in [0.25, 0.3) is 11.6 Å². The van der Waals surface area contributed by atoms with Crippen LogP contribution in [0.2, 0.25) is 0 Å². The Labute approximate surface area is 145 Å². The van der Waals surface area contributed by atoms with Gasteiger partial charge in [-0.1, -0.05) is 34.8 Å². The van der Waals surface area contributed by atoms with Crippen molar-refractivity contribution in [3.05, 3.63) is 58.5 Å². The third-order valence-electron chi connectivity index (χ3n) is 2.61. The number of amides is 1. The monoisotopic (exact) mass is 378 g/mol. The van der Waals surface area contributed by atoms with E-state index in [0.29, 0.717) is 0 Å². The number of hydrogen-bond donors (Lipinski definition) is 1. The van der Waals surface area contributed by atoms with Crippen LogP contribution in [-0.2, 0) is 0 Å². The molecule has 0 saturated heterocycles. The summed E-state index contributed by atoms with van der Waals surface area (Å²) in [6.45, 7) is 0. The molecule has 0 spiro atoms. The summed E-state index contributed by atoms with van der Waals surface area (Å²) >= 11 is 17.4. The summed E-state index contributed by atoms with van der Waals surface area (Å²) in [5, 5.41) is 13.0. The number of carbonyl (C=O) groups is 1. The Balaban J connectivity index is 2.13. The molecule has 0 unspecified atom stereocenters. The third-order valence-corrected chi connectivity index (χ3v) is 3.20. The molecular formula is C13H9Cl3N2O5. The van der Waals surface area contributed by atoms with Gasteiger partial charge in [-0.2, -0.15) is 0 Å². The van der Waals surface area contributed by atoms with Gasteiger partial charge in [0, 0.05) is 12.1 Å². The van der Waals surface area contributed by atoms with Gasteiger partial charge in [-0.05, 0) is 24.3 Å². The topological polar surface area (TPSA) is 94.6 Å². The Morgan fingerprint density at radius 2 is 1.91 bits per heavy atom. The lowest BCUT2D eigenvalue weighted by molar-refractivity contribution is -0.384. The molecule has 0 bridgehead atoms. The van der Waals surface area contributed by atoms with E-state index in [1.807, 2.05) is 0 Å². The van der Waals surface area contributed by atoms with E-state index in [0.717, 1.165) is 0 Å². The Kier molecular flexibility index (Phi) is 5.35. The highest BCUT2D eigenvalue weighted by Gasteiger charge is 2.36. The summed E-state index contributed by atoms with van der Waals surface area (Å²) in [5.74, 6) is -0.462. The number of nitrogens with one attached hydrogen (secondary N) is 1. The summed E-state index contributed by atoms with van der Waals surface area (Å²) in [6, 6.07) is 8.03. The van der Waals surface area contributed by atoms with Gasteiger partial charge in [-0.3, -0.25) is 14.9 Å². The summed E-state index contributed by atoms with van der Waals surface area (Å²) in [4.78, 5) is 22.0. The Bertz CT molecular complexity index is 683. The van der Waals surface area contributed by atoms with Crippen LogP contribution in [0.5, 0.6) is 5.75 Å². The number of nitro groups is 1. The molecule has 0 aliphatic carbocycles. The van der Waals surface area contributed by atoms with Gasteiger partial charge in [-0.25, -0.2) is 0 Å². The minimum Gasteiger partial charge on any atom is -0.466 e. The van der Waals surface area contributed by atoms with Gasteiger partial charge in [0.1, 0.15) is 5.75 Å². The molecule has 7 nitrogen and oxygen atoms in total. The Morgan fingerprint density at radius 3 is 2.39 bits per heavy atom. The van der Waals surface area contributed by atoms with E-state index in [1.54, 1.807) is 0 Å². The highest BCUT2D eigenvalue weighted by atomic mass is 35.6. The first-order chi connectivity index (χ1) is 10.8. The van der Waals surface area contributed by atoms with Gasteiger partial charge >= 0.3 is 0 Å². The van der Waals surface area contributed by atoms with Crippen molar-refractivity contribution >= 4 is 46.4 Å². The van der Waals surface area contributed by atoms with E-state index in [2.05, 4.69) is 5.32 Å². The number of benzene rings is 1. The second-order valence-corrected chi connectivity index (χ2v) is 6.61. The molecule has 2 aromatic rings. The molecule has 1 aromatic carbocycles. The average Bonchev–Trinajstić information content (AvgIpc) is 3.00. The molecule has 0 fully saturated rings. The van der Waals surface area contributed by atoms with Crippen LogP contribution in [-0.4, -0.2) is 20.9 Å². The fourth-order valence-electron chi connectivity index (χ4n) is 1.56. The molecule has 0 aliphatic heterocycles. The fourth-order valence-corrected chi connectivity index (χ4v) is 1.86. The summed E-state index contributed by atoms with van der Waals surface area (Å²) in [7, 11) is 0. The first-order valence-corrected chi connectivity index (χ1v) is 7.23. The van der Waals surface area contributed by atoms with Crippen LogP contribution in [0.15, 0.2) is 47.1 Å². The molecule has 2 rings (SSSR count). The van der Waals surface area contributed by atoms with Crippen LogP contribution in [0.25, 0.3) is 0 Å². The van der Waals surface area contributed by atoms with Gasteiger partial charge in [0.05, 0.1) is 11.2 Å². The van der Waals surface area contributed by atoms with Crippen LogP contribution in [0.1, 0.15) is 10.6 Å². The largest absolute Gasteiger partial charge is 0.466 e. The maximum atomic E-state index is 11.9. The van der Waals surface area contributed by atoms with Gasteiger partial charge in [0.15, 0.2) is 5.76 Å². The molecule has 1 heterocycles. The zero-order valence-electron chi connectivity index (χ0n) is 11.2. The van der Waals surface area contributed by atoms with E-state index < -0.39 is 20.9 Å². The number of halogens is 3. The fraction of sp³-hybridized carbons (Fsp3) is 0.154. The van der Waals surface area contributed by atoms with E-state index in [9.17, 15) is 14.9 Å². The Hall–Kier alpha value is -1.96. The second kappa shape index (κ2) is 7.08. The lowest BCUT2D eigenvalue weighted by Crippen LogP contribution is -2.47. The van der Waals surface area contributed by atoms with Gasteiger partial charge < -0.3 is 14.5 Å². The smallest absolute Gasteiger partial charge is 0.289 e. The number of carbonyl (C=O) groups excluding carboxylic acids is 1. The molecule has 122 valence electrons. The zero-order valence-corrected chi connectivity index (χ0v) is 13.5. The van der Waals surface area contributed by atoms with E-state index >= 15 is 0 Å². The molecule has 0 radical (unpaired) electrons. The number of hydrogen-bond acceptors (Lipinski definition) is 5. The molecule has 0 saturated carbocycles. The number of ether oxygens (including phenoxy) is 1. The molecule has 10 heteroatoms. The second-order valence-electron chi connectivity index (χ2n) is 4.24. The number of alkyl halides is 3. The van der Waals surface area contributed by atoms with Crippen LogP contribution in [0, 0.1) is 10.1 Å². The van der Waals surface area contributed by atoms with Crippen molar-refractivity contribution in [1.29, 1.82) is 0 Å².